The molecular formula is C14H14FNO2. The molecule has 0 radical (unpaired) electrons. The summed E-state index contributed by atoms with van der Waals surface area (Å²) in [5.74, 6) is -0.0314. The zero-order chi connectivity index (χ0) is 13.0. The number of pyridine rings is 1. The van der Waals surface area contributed by atoms with Gasteiger partial charge in [-0.3, -0.25) is 4.98 Å². The van der Waals surface area contributed by atoms with Crippen molar-refractivity contribution in [2.45, 2.75) is 20.1 Å². The molecule has 1 aromatic heterocycles. The van der Waals surface area contributed by atoms with Crippen molar-refractivity contribution in [3.8, 4) is 5.75 Å². The van der Waals surface area contributed by atoms with E-state index in [0.717, 1.165) is 11.4 Å². The van der Waals surface area contributed by atoms with Gasteiger partial charge >= 0.3 is 0 Å². The molecule has 0 fully saturated rings. The molecule has 0 bridgehead atoms. The summed E-state index contributed by atoms with van der Waals surface area (Å²) >= 11 is 0. The summed E-state index contributed by atoms with van der Waals surface area (Å²) in [6.45, 7) is 1.96. The van der Waals surface area contributed by atoms with Crippen molar-refractivity contribution in [1.29, 1.82) is 0 Å². The summed E-state index contributed by atoms with van der Waals surface area (Å²) in [6.07, 6.45) is 0. The van der Waals surface area contributed by atoms with Crippen molar-refractivity contribution in [2.75, 3.05) is 0 Å². The van der Waals surface area contributed by atoms with Crippen molar-refractivity contribution < 1.29 is 14.2 Å². The van der Waals surface area contributed by atoms with Gasteiger partial charge < -0.3 is 9.84 Å². The van der Waals surface area contributed by atoms with E-state index in [-0.39, 0.29) is 13.2 Å². The molecule has 0 aliphatic rings. The number of hydrogen-bond donors (Lipinski definition) is 1. The molecule has 4 heteroatoms. The smallest absolute Gasteiger partial charge is 0.130 e. The fraction of sp³-hybridized carbons (Fsp3) is 0.214. The summed E-state index contributed by atoms with van der Waals surface area (Å²) in [6, 6.07) is 9.81. The van der Waals surface area contributed by atoms with Gasteiger partial charge in [0.15, 0.2) is 0 Å². The van der Waals surface area contributed by atoms with E-state index in [0.29, 0.717) is 11.3 Å². The van der Waals surface area contributed by atoms with Crippen molar-refractivity contribution >= 4 is 0 Å². The lowest BCUT2D eigenvalue weighted by Crippen LogP contribution is -2.00. The number of aromatic nitrogens is 1. The van der Waals surface area contributed by atoms with Crippen LogP contribution in [0.2, 0.25) is 0 Å². The number of aryl methyl sites for hydroxylation is 1. The third-order valence-electron chi connectivity index (χ3n) is 2.45. The third kappa shape index (κ3) is 3.28. The monoisotopic (exact) mass is 247 g/mol. The lowest BCUT2D eigenvalue weighted by molar-refractivity contribution is 0.276. The van der Waals surface area contributed by atoms with Gasteiger partial charge in [0.25, 0.3) is 0 Å². The molecule has 0 atom stereocenters. The Kier molecular flexibility index (Phi) is 3.89. The molecule has 0 unspecified atom stereocenters. The van der Waals surface area contributed by atoms with E-state index in [1.54, 1.807) is 6.07 Å². The molecule has 3 nitrogen and oxygen atoms in total. The number of aliphatic hydroxyl groups is 1. The standard InChI is InChI=1S/C14H14FNO2/c1-10-3-2-4-13(16-10)9-18-14-6-11(8-17)5-12(15)7-14/h2-7,17H,8-9H2,1H3. The summed E-state index contributed by atoms with van der Waals surface area (Å²) in [4.78, 5) is 4.29. The Morgan fingerprint density at radius 1 is 1.28 bits per heavy atom. The summed E-state index contributed by atoms with van der Waals surface area (Å²) in [5.41, 5.74) is 2.18. The van der Waals surface area contributed by atoms with E-state index in [1.807, 2.05) is 25.1 Å². The molecule has 0 aliphatic carbocycles. The minimum Gasteiger partial charge on any atom is -0.487 e. The Morgan fingerprint density at radius 3 is 2.83 bits per heavy atom. The van der Waals surface area contributed by atoms with Gasteiger partial charge in [0.2, 0.25) is 0 Å². The molecule has 0 saturated carbocycles. The van der Waals surface area contributed by atoms with E-state index < -0.39 is 5.82 Å². The Balaban J connectivity index is 2.08. The highest BCUT2D eigenvalue weighted by molar-refractivity contribution is 5.29. The molecule has 0 spiro atoms. The molecule has 18 heavy (non-hydrogen) atoms. The number of benzene rings is 1. The second kappa shape index (κ2) is 5.60. The average Bonchev–Trinajstić information content (AvgIpc) is 2.36. The van der Waals surface area contributed by atoms with Gasteiger partial charge in [-0.05, 0) is 36.8 Å². The molecule has 0 amide bonds. The van der Waals surface area contributed by atoms with Crippen LogP contribution in [0.25, 0.3) is 0 Å². The van der Waals surface area contributed by atoms with Crippen LogP contribution in [-0.2, 0) is 13.2 Å². The Hall–Kier alpha value is -1.94. The maximum atomic E-state index is 13.2. The van der Waals surface area contributed by atoms with E-state index in [2.05, 4.69) is 4.98 Å². The maximum absolute atomic E-state index is 13.2. The minimum atomic E-state index is -0.422. The van der Waals surface area contributed by atoms with Crippen LogP contribution in [0.4, 0.5) is 4.39 Å². The Labute approximate surface area is 105 Å². The number of hydrogen-bond acceptors (Lipinski definition) is 3. The van der Waals surface area contributed by atoms with Gasteiger partial charge in [-0.15, -0.1) is 0 Å². The second-order valence-corrected chi connectivity index (χ2v) is 4.01. The van der Waals surface area contributed by atoms with Crippen LogP contribution in [0, 0.1) is 12.7 Å². The van der Waals surface area contributed by atoms with Crippen LogP contribution in [-0.4, -0.2) is 10.1 Å². The lowest BCUT2D eigenvalue weighted by atomic mass is 10.2. The number of aliphatic hydroxyl groups excluding tert-OH is 1. The van der Waals surface area contributed by atoms with Crippen molar-refractivity contribution in [2.24, 2.45) is 0 Å². The topological polar surface area (TPSA) is 42.4 Å². The van der Waals surface area contributed by atoms with Crippen LogP contribution in [0.15, 0.2) is 36.4 Å². The first kappa shape index (κ1) is 12.5. The van der Waals surface area contributed by atoms with Crippen LogP contribution < -0.4 is 4.74 Å². The van der Waals surface area contributed by atoms with Crippen LogP contribution >= 0.6 is 0 Å². The SMILES string of the molecule is Cc1cccc(COc2cc(F)cc(CO)c2)n1. The number of ether oxygens (including phenoxy) is 1. The fourth-order valence-electron chi connectivity index (χ4n) is 1.63. The van der Waals surface area contributed by atoms with Gasteiger partial charge in [-0.1, -0.05) is 6.07 Å². The van der Waals surface area contributed by atoms with E-state index >= 15 is 0 Å². The number of rotatable bonds is 4. The average molecular weight is 247 g/mol. The Bertz CT molecular complexity index is 543. The summed E-state index contributed by atoms with van der Waals surface area (Å²) in [5, 5.41) is 8.97. The predicted octanol–water partition coefficient (Wildman–Crippen LogP) is 2.60. The third-order valence-corrected chi connectivity index (χ3v) is 2.45. The van der Waals surface area contributed by atoms with Gasteiger partial charge in [-0.25, -0.2) is 4.39 Å². The highest BCUT2D eigenvalue weighted by atomic mass is 19.1. The zero-order valence-corrected chi connectivity index (χ0v) is 10.1. The van der Waals surface area contributed by atoms with Crippen LogP contribution in [0.1, 0.15) is 17.0 Å². The Morgan fingerprint density at radius 2 is 2.11 bits per heavy atom. The van der Waals surface area contributed by atoms with E-state index in [4.69, 9.17) is 9.84 Å². The molecule has 1 N–H and O–H groups in total. The zero-order valence-electron chi connectivity index (χ0n) is 10.1. The quantitative estimate of drug-likeness (QED) is 0.903. The van der Waals surface area contributed by atoms with Crippen LogP contribution in [0.3, 0.4) is 0 Å². The van der Waals surface area contributed by atoms with Gasteiger partial charge in [-0.2, -0.15) is 0 Å². The van der Waals surface area contributed by atoms with Crippen molar-refractivity contribution in [3.05, 3.63) is 59.2 Å². The normalized spacial score (nSPS) is 10.4. The molecule has 1 heterocycles. The maximum Gasteiger partial charge on any atom is 0.130 e. The lowest BCUT2D eigenvalue weighted by Gasteiger charge is -2.08. The minimum absolute atomic E-state index is 0.211. The van der Waals surface area contributed by atoms with Crippen molar-refractivity contribution in [1.82, 2.24) is 4.98 Å². The fourth-order valence-corrected chi connectivity index (χ4v) is 1.63. The van der Waals surface area contributed by atoms with Crippen LogP contribution in [0.5, 0.6) is 5.75 Å². The highest BCUT2D eigenvalue weighted by Crippen LogP contribution is 2.17. The van der Waals surface area contributed by atoms with E-state index in [1.165, 1.54) is 12.1 Å². The first-order valence-electron chi connectivity index (χ1n) is 5.63. The molecule has 0 aliphatic heterocycles. The second-order valence-electron chi connectivity index (χ2n) is 4.01. The summed E-state index contributed by atoms with van der Waals surface area (Å²) in [7, 11) is 0. The first-order chi connectivity index (χ1) is 8.67. The van der Waals surface area contributed by atoms with Crippen molar-refractivity contribution in [3.63, 3.8) is 0 Å². The van der Waals surface area contributed by atoms with E-state index in [9.17, 15) is 4.39 Å². The molecule has 0 saturated heterocycles. The predicted molar refractivity (Wildman–Crippen MR) is 65.6 cm³/mol. The van der Waals surface area contributed by atoms with Gasteiger partial charge in [0, 0.05) is 11.8 Å². The molecule has 94 valence electrons. The highest BCUT2D eigenvalue weighted by Gasteiger charge is 2.02. The van der Waals surface area contributed by atoms with Gasteiger partial charge in [0.05, 0.1) is 12.3 Å². The molecule has 2 aromatic rings. The molecule has 2 rings (SSSR count). The molecular weight excluding hydrogens is 233 g/mol. The number of nitrogens with zero attached hydrogens (tertiary/aromatic N) is 1. The summed E-state index contributed by atoms with van der Waals surface area (Å²) < 4.78 is 18.7. The number of halogens is 1. The van der Waals surface area contributed by atoms with Gasteiger partial charge in [0.1, 0.15) is 18.2 Å². The first-order valence-corrected chi connectivity index (χ1v) is 5.63. The molecule has 1 aromatic carbocycles. The largest absolute Gasteiger partial charge is 0.487 e.